The van der Waals surface area contributed by atoms with Gasteiger partial charge in [0.15, 0.2) is 5.76 Å². The highest BCUT2D eigenvalue weighted by Crippen LogP contribution is 2.22. The molecule has 3 amide bonds. The average Bonchev–Trinajstić information content (AvgIpc) is 3.19. The lowest BCUT2D eigenvalue weighted by atomic mass is 10.1. The third-order valence-corrected chi connectivity index (χ3v) is 3.74. The number of furan rings is 1. The van der Waals surface area contributed by atoms with Crippen LogP contribution >= 0.6 is 0 Å². The van der Waals surface area contributed by atoms with Crippen LogP contribution in [0.2, 0.25) is 0 Å². The first-order chi connectivity index (χ1) is 13.4. The number of ether oxygens (including phenoxy) is 1. The molecule has 0 saturated heterocycles. The van der Waals surface area contributed by atoms with Crippen molar-refractivity contribution in [2.45, 2.75) is 20.4 Å². The summed E-state index contributed by atoms with van der Waals surface area (Å²) in [6.07, 6.45) is -0.448. The lowest BCUT2D eigenvalue weighted by Gasteiger charge is -2.09. The fraction of sp³-hybridized carbons (Fsp3) is 0.350. The number of amides is 3. The van der Waals surface area contributed by atoms with Crippen LogP contribution in [0.4, 0.5) is 4.79 Å². The van der Waals surface area contributed by atoms with E-state index in [0.29, 0.717) is 18.9 Å². The van der Waals surface area contributed by atoms with Gasteiger partial charge in [-0.25, -0.2) is 4.79 Å². The third kappa shape index (κ3) is 6.46. The maximum atomic E-state index is 12.0. The Labute approximate surface area is 163 Å². The smallest absolute Gasteiger partial charge is 0.407 e. The molecule has 0 atom stereocenters. The van der Waals surface area contributed by atoms with E-state index in [0.717, 1.165) is 11.1 Å². The molecule has 3 N–H and O–H groups in total. The number of benzene rings is 1. The third-order valence-electron chi connectivity index (χ3n) is 3.74. The molecule has 1 aromatic heterocycles. The minimum Gasteiger partial charge on any atom is -0.451 e. The summed E-state index contributed by atoms with van der Waals surface area (Å²) in [5.74, 6) is 0.181. The van der Waals surface area contributed by atoms with Crippen LogP contribution in [0.1, 0.15) is 30.0 Å². The summed E-state index contributed by atoms with van der Waals surface area (Å²) in [7, 11) is 1.49. The van der Waals surface area contributed by atoms with Crippen molar-refractivity contribution in [2.75, 3.05) is 20.2 Å². The second-order valence-electron chi connectivity index (χ2n) is 6.56. The van der Waals surface area contributed by atoms with Gasteiger partial charge in [-0.1, -0.05) is 38.1 Å². The van der Waals surface area contributed by atoms with Gasteiger partial charge in [-0.3, -0.25) is 9.59 Å². The van der Waals surface area contributed by atoms with Crippen LogP contribution in [0.3, 0.4) is 0 Å². The zero-order valence-electron chi connectivity index (χ0n) is 16.2. The largest absolute Gasteiger partial charge is 0.451 e. The fourth-order valence-electron chi connectivity index (χ4n) is 2.21. The normalized spacial score (nSPS) is 10.4. The maximum absolute atomic E-state index is 12.0. The zero-order chi connectivity index (χ0) is 20.5. The van der Waals surface area contributed by atoms with Crippen LogP contribution in [0.15, 0.2) is 40.8 Å². The molecule has 28 heavy (non-hydrogen) atoms. The number of carbonyl (C=O) groups is 3. The molecule has 1 heterocycles. The monoisotopic (exact) mass is 387 g/mol. The van der Waals surface area contributed by atoms with Crippen molar-refractivity contribution in [1.29, 1.82) is 0 Å². The van der Waals surface area contributed by atoms with Crippen LogP contribution in [-0.2, 0) is 16.1 Å². The standard InChI is InChI=1S/C20H25N3O5/c1-13(2)12-27-20(26)23-10-14-4-6-15(7-5-14)16-8-9-17(28-16)19(25)22-11-18(24)21-3/h4-9,13H,10-12H2,1-3H3,(H,21,24)(H,22,25)(H,23,26). The quantitative estimate of drug-likeness (QED) is 0.644. The summed E-state index contributed by atoms with van der Waals surface area (Å²) in [6, 6.07) is 10.6. The molecule has 2 aromatic rings. The van der Waals surface area contributed by atoms with Crippen LogP contribution < -0.4 is 16.0 Å². The van der Waals surface area contributed by atoms with E-state index in [4.69, 9.17) is 9.15 Å². The molecule has 0 saturated carbocycles. The molecule has 0 aliphatic heterocycles. The summed E-state index contributed by atoms with van der Waals surface area (Å²) in [4.78, 5) is 34.7. The van der Waals surface area contributed by atoms with Crippen LogP contribution in [0, 0.1) is 5.92 Å². The molecule has 0 bridgehead atoms. The molecule has 8 nitrogen and oxygen atoms in total. The predicted octanol–water partition coefficient (Wildman–Crippen LogP) is 2.30. The van der Waals surface area contributed by atoms with E-state index in [2.05, 4.69) is 16.0 Å². The van der Waals surface area contributed by atoms with Gasteiger partial charge in [0.1, 0.15) is 5.76 Å². The topological polar surface area (TPSA) is 110 Å². The molecule has 1 aromatic carbocycles. The summed E-state index contributed by atoms with van der Waals surface area (Å²) in [5.41, 5.74) is 1.69. The highest BCUT2D eigenvalue weighted by Gasteiger charge is 2.13. The maximum Gasteiger partial charge on any atom is 0.407 e. The first-order valence-corrected chi connectivity index (χ1v) is 8.97. The number of carbonyl (C=O) groups excluding carboxylic acids is 3. The van der Waals surface area contributed by atoms with Gasteiger partial charge in [0.05, 0.1) is 13.2 Å². The van der Waals surface area contributed by atoms with Crippen LogP contribution in [0.25, 0.3) is 11.3 Å². The number of rotatable bonds is 8. The van der Waals surface area contributed by atoms with Gasteiger partial charge in [-0.15, -0.1) is 0 Å². The zero-order valence-corrected chi connectivity index (χ0v) is 16.2. The minimum absolute atomic E-state index is 0.118. The lowest BCUT2D eigenvalue weighted by Crippen LogP contribution is -2.34. The van der Waals surface area contributed by atoms with Gasteiger partial charge in [0.2, 0.25) is 5.91 Å². The average molecular weight is 387 g/mol. The molecule has 0 aliphatic carbocycles. The first kappa shape index (κ1) is 21.0. The summed E-state index contributed by atoms with van der Waals surface area (Å²) in [5, 5.41) is 7.58. The van der Waals surface area contributed by atoms with E-state index in [1.807, 2.05) is 38.1 Å². The van der Waals surface area contributed by atoms with E-state index in [-0.39, 0.29) is 24.1 Å². The van der Waals surface area contributed by atoms with Crippen LogP contribution in [0.5, 0.6) is 0 Å². The Hall–Kier alpha value is -3.29. The van der Waals surface area contributed by atoms with Crippen molar-refractivity contribution in [3.8, 4) is 11.3 Å². The molecule has 0 fully saturated rings. The second-order valence-corrected chi connectivity index (χ2v) is 6.56. The highest BCUT2D eigenvalue weighted by atomic mass is 16.5. The van der Waals surface area contributed by atoms with Crippen molar-refractivity contribution in [2.24, 2.45) is 5.92 Å². The summed E-state index contributed by atoms with van der Waals surface area (Å²) in [6.45, 7) is 4.55. The minimum atomic E-state index is -0.462. The molecule has 0 spiro atoms. The summed E-state index contributed by atoms with van der Waals surface area (Å²) < 4.78 is 10.6. The Bertz CT molecular complexity index is 812. The Balaban J connectivity index is 1.89. The molecule has 150 valence electrons. The molecule has 0 radical (unpaired) electrons. The Morgan fingerprint density at radius 1 is 1.04 bits per heavy atom. The van der Waals surface area contributed by atoms with E-state index in [1.54, 1.807) is 12.1 Å². The van der Waals surface area contributed by atoms with E-state index in [9.17, 15) is 14.4 Å². The number of alkyl carbamates (subject to hydrolysis) is 1. The van der Waals surface area contributed by atoms with E-state index < -0.39 is 12.0 Å². The molecular formula is C20H25N3O5. The van der Waals surface area contributed by atoms with Crippen molar-refractivity contribution in [3.63, 3.8) is 0 Å². The van der Waals surface area contributed by atoms with Gasteiger partial charge in [-0.05, 0) is 23.6 Å². The van der Waals surface area contributed by atoms with Crippen molar-refractivity contribution in [1.82, 2.24) is 16.0 Å². The van der Waals surface area contributed by atoms with Gasteiger partial charge >= 0.3 is 6.09 Å². The van der Waals surface area contributed by atoms with Crippen molar-refractivity contribution in [3.05, 3.63) is 47.7 Å². The molecular weight excluding hydrogens is 362 g/mol. The van der Waals surface area contributed by atoms with Gasteiger partial charge in [0, 0.05) is 19.2 Å². The molecule has 0 unspecified atom stereocenters. The molecule has 0 aliphatic rings. The molecule has 2 rings (SSSR count). The van der Waals surface area contributed by atoms with Crippen LogP contribution in [-0.4, -0.2) is 38.1 Å². The number of likely N-dealkylation sites (N-methyl/N-ethyl adjacent to an activating group) is 1. The first-order valence-electron chi connectivity index (χ1n) is 8.97. The number of hydrogen-bond acceptors (Lipinski definition) is 5. The Morgan fingerprint density at radius 3 is 2.39 bits per heavy atom. The van der Waals surface area contributed by atoms with E-state index in [1.165, 1.54) is 7.05 Å². The van der Waals surface area contributed by atoms with Crippen molar-refractivity contribution >= 4 is 17.9 Å². The predicted molar refractivity (Wildman–Crippen MR) is 104 cm³/mol. The SMILES string of the molecule is CNC(=O)CNC(=O)c1ccc(-c2ccc(CNC(=O)OCC(C)C)cc2)o1. The lowest BCUT2D eigenvalue weighted by molar-refractivity contribution is -0.119. The van der Waals surface area contributed by atoms with Gasteiger partial charge in [0.25, 0.3) is 5.91 Å². The fourth-order valence-corrected chi connectivity index (χ4v) is 2.21. The van der Waals surface area contributed by atoms with Gasteiger partial charge < -0.3 is 25.1 Å². The number of hydrogen-bond donors (Lipinski definition) is 3. The molecule has 8 heteroatoms. The highest BCUT2D eigenvalue weighted by molar-refractivity contribution is 5.94. The Morgan fingerprint density at radius 2 is 1.75 bits per heavy atom. The number of nitrogens with one attached hydrogen (secondary N) is 3. The van der Waals surface area contributed by atoms with Crippen molar-refractivity contribution < 1.29 is 23.5 Å². The summed E-state index contributed by atoms with van der Waals surface area (Å²) >= 11 is 0. The van der Waals surface area contributed by atoms with E-state index >= 15 is 0 Å². The van der Waals surface area contributed by atoms with Gasteiger partial charge in [-0.2, -0.15) is 0 Å². The Kier molecular flexibility index (Phi) is 7.62. The second kappa shape index (κ2) is 10.1.